The molecule has 66 valence electrons. The summed E-state index contributed by atoms with van der Waals surface area (Å²) in [6.45, 7) is 1.07. The van der Waals surface area contributed by atoms with E-state index in [1.165, 1.54) is 0 Å². The van der Waals surface area contributed by atoms with Crippen molar-refractivity contribution < 1.29 is 0 Å². The van der Waals surface area contributed by atoms with Gasteiger partial charge in [0.15, 0.2) is 0 Å². The van der Waals surface area contributed by atoms with Gasteiger partial charge in [-0.2, -0.15) is 5.10 Å². The number of nitrogens with zero attached hydrogens (tertiary/aromatic N) is 2. The number of nitrogens with two attached hydrogens (primary N) is 1. The molecule has 1 aliphatic heterocycles. The van der Waals surface area contributed by atoms with Crippen LogP contribution >= 0.6 is 0 Å². The minimum absolute atomic E-state index is 0.246. The zero-order valence-corrected chi connectivity index (χ0v) is 7.20. The van der Waals surface area contributed by atoms with Crippen molar-refractivity contribution in [1.29, 1.82) is 0 Å². The van der Waals surface area contributed by atoms with Crippen molar-refractivity contribution in [3.8, 4) is 0 Å². The van der Waals surface area contributed by atoms with Gasteiger partial charge in [-0.15, -0.1) is 0 Å². The zero-order valence-electron chi connectivity index (χ0n) is 7.20. The predicted octanol–water partition coefficient (Wildman–Crippen LogP) is 0.114. The molecule has 1 aromatic heterocycles. The lowest BCUT2D eigenvalue weighted by atomic mass is 10.1. The third-order valence-corrected chi connectivity index (χ3v) is 2.54. The van der Waals surface area contributed by atoms with Gasteiger partial charge >= 0.3 is 0 Å². The fourth-order valence-electron chi connectivity index (χ4n) is 1.88. The molecular weight excluding hydrogens is 152 g/mol. The first-order valence-corrected chi connectivity index (χ1v) is 4.24. The van der Waals surface area contributed by atoms with Crippen LogP contribution in [-0.4, -0.2) is 34.7 Å². The molecule has 2 unspecified atom stereocenters. The Morgan fingerprint density at radius 1 is 1.75 bits per heavy atom. The molecule has 0 spiro atoms. The summed E-state index contributed by atoms with van der Waals surface area (Å²) in [7, 11) is 2.10. The van der Waals surface area contributed by atoms with Gasteiger partial charge in [0.2, 0.25) is 0 Å². The van der Waals surface area contributed by atoms with Crippen molar-refractivity contribution in [2.75, 3.05) is 13.6 Å². The molecule has 1 aromatic rings. The van der Waals surface area contributed by atoms with Gasteiger partial charge in [0.05, 0.1) is 11.7 Å². The second kappa shape index (κ2) is 2.88. The van der Waals surface area contributed by atoms with E-state index in [9.17, 15) is 0 Å². The smallest absolute Gasteiger partial charge is 0.0665 e. The first-order valence-electron chi connectivity index (χ1n) is 4.24. The largest absolute Gasteiger partial charge is 0.326 e. The van der Waals surface area contributed by atoms with Crippen LogP contribution in [-0.2, 0) is 0 Å². The number of likely N-dealkylation sites (tertiary alicyclic amines) is 1. The Bertz CT molecular complexity index is 234. The highest BCUT2D eigenvalue weighted by Crippen LogP contribution is 2.27. The minimum Gasteiger partial charge on any atom is -0.326 e. The number of rotatable bonds is 1. The predicted molar refractivity (Wildman–Crippen MR) is 46.6 cm³/mol. The second-order valence-electron chi connectivity index (χ2n) is 3.39. The summed E-state index contributed by atoms with van der Waals surface area (Å²) in [5.74, 6) is 0. The molecule has 0 radical (unpaired) electrons. The van der Waals surface area contributed by atoms with E-state index in [2.05, 4.69) is 22.1 Å². The fourth-order valence-corrected chi connectivity index (χ4v) is 1.88. The molecule has 3 N–H and O–H groups in total. The molecule has 0 saturated carbocycles. The van der Waals surface area contributed by atoms with Gasteiger partial charge in [0, 0.05) is 18.8 Å². The van der Waals surface area contributed by atoms with Gasteiger partial charge in [0.1, 0.15) is 0 Å². The highest BCUT2D eigenvalue weighted by Gasteiger charge is 2.30. The Morgan fingerprint density at radius 2 is 2.58 bits per heavy atom. The molecule has 2 rings (SSSR count). The van der Waals surface area contributed by atoms with Crippen LogP contribution in [0.15, 0.2) is 12.3 Å². The lowest BCUT2D eigenvalue weighted by Gasteiger charge is -2.20. The first-order chi connectivity index (χ1) is 5.79. The summed E-state index contributed by atoms with van der Waals surface area (Å²) in [5.41, 5.74) is 7.10. The molecule has 0 aliphatic carbocycles. The Kier molecular flexibility index (Phi) is 1.86. The number of H-pyrrole nitrogens is 1. The van der Waals surface area contributed by atoms with Crippen molar-refractivity contribution >= 4 is 0 Å². The van der Waals surface area contributed by atoms with Gasteiger partial charge in [-0.3, -0.25) is 10.00 Å². The van der Waals surface area contributed by atoms with Crippen molar-refractivity contribution in [3.05, 3.63) is 18.0 Å². The molecule has 0 bridgehead atoms. The lowest BCUT2D eigenvalue weighted by Crippen LogP contribution is -2.29. The SMILES string of the molecule is CN1CCC(N)C1c1ccn[nH]1. The summed E-state index contributed by atoms with van der Waals surface area (Å²) in [4.78, 5) is 2.26. The lowest BCUT2D eigenvalue weighted by molar-refractivity contribution is 0.298. The standard InChI is InChI=1S/C8H14N4/c1-12-5-3-6(9)8(12)7-2-4-10-11-7/h2,4,6,8H,3,5,9H2,1H3,(H,10,11). The summed E-state index contributed by atoms with van der Waals surface area (Å²) >= 11 is 0. The fraction of sp³-hybridized carbons (Fsp3) is 0.625. The zero-order chi connectivity index (χ0) is 8.55. The molecule has 1 aliphatic rings. The van der Waals surface area contributed by atoms with E-state index in [1.807, 2.05) is 6.07 Å². The molecule has 4 heteroatoms. The summed E-state index contributed by atoms with van der Waals surface area (Å²) in [6, 6.07) is 2.56. The molecule has 0 aromatic carbocycles. The molecule has 0 amide bonds. The summed E-state index contributed by atoms with van der Waals surface area (Å²) in [5, 5.41) is 6.90. The van der Waals surface area contributed by atoms with E-state index in [1.54, 1.807) is 6.20 Å². The number of aromatic nitrogens is 2. The summed E-state index contributed by atoms with van der Waals surface area (Å²) in [6.07, 6.45) is 2.84. The van der Waals surface area contributed by atoms with Crippen LogP contribution in [0, 0.1) is 0 Å². The highest BCUT2D eigenvalue weighted by atomic mass is 15.2. The van der Waals surface area contributed by atoms with Crippen LogP contribution in [0.5, 0.6) is 0 Å². The third kappa shape index (κ3) is 1.13. The monoisotopic (exact) mass is 166 g/mol. The maximum atomic E-state index is 5.97. The van der Waals surface area contributed by atoms with E-state index in [-0.39, 0.29) is 6.04 Å². The molecule has 1 saturated heterocycles. The van der Waals surface area contributed by atoms with Gasteiger partial charge in [0.25, 0.3) is 0 Å². The van der Waals surface area contributed by atoms with Crippen LogP contribution < -0.4 is 5.73 Å². The number of nitrogens with one attached hydrogen (secondary N) is 1. The molecule has 2 atom stereocenters. The Balaban J connectivity index is 2.22. The minimum atomic E-state index is 0.246. The molecule has 4 nitrogen and oxygen atoms in total. The number of hydrogen-bond donors (Lipinski definition) is 2. The first kappa shape index (κ1) is 7.76. The molecule has 12 heavy (non-hydrogen) atoms. The normalized spacial score (nSPS) is 31.2. The van der Waals surface area contributed by atoms with E-state index >= 15 is 0 Å². The Morgan fingerprint density at radius 3 is 3.08 bits per heavy atom. The number of aromatic amines is 1. The Hall–Kier alpha value is -0.870. The van der Waals surface area contributed by atoms with Gasteiger partial charge in [-0.05, 0) is 19.5 Å². The number of likely N-dealkylation sites (N-methyl/N-ethyl adjacent to an activating group) is 1. The van der Waals surface area contributed by atoms with Gasteiger partial charge in [-0.25, -0.2) is 0 Å². The average Bonchev–Trinajstić information content (AvgIpc) is 2.61. The highest BCUT2D eigenvalue weighted by molar-refractivity contribution is 5.10. The third-order valence-electron chi connectivity index (χ3n) is 2.54. The van der Waals surface area contributed by atoms with Crippen molar-refractivity contribution in [3.63, 3.8) is 0 Å². The second-order valence-corrected chi connectivity index (χ2v) is 3.39. The van der Waals surface area contributed by atoms with E-state index in [0.717, 1.165) is 18.7 Å². The van der Waals surface area contributed by atoms with Gasteiger partial charge < -0.3 is 5.73 Å². The van der Waals surface area contributed by atoms with Crippen LogP contribution in [0.1, 0.15) is 18.2 Å². The maximum Gasteiger partial charge on any atom is 0.0665 e. The van der Waals surface area contributed by atoms with E-state index < -0.39 is 0 Å². The van der Waals surface area contributed by atoms with Crippen LogP contribution in [0.2, 0.25) is 0 Å². The van der Waals surface area contributed by atoms with Crippen molar-refractivity contribution in [2.45, 2.75) is 18.5 Å². The molecule has 2 heterocycles. The average molecular weight is 166 g/mol. The number of hydrogen-bond acceptors (Lipinski definition) is 3. The van der Waals surface area contributed by atoms with Crippen LogP contribution in [0.4, 0.5) is 0 Å². The van der Waals surface area contributed by atoms with Crippen molar-refractivity contribution in [1.82, 2.24) is 15.1 Å². The van der Waals surface area contributed by atoms with Crippen molar-refractivity contribution in [2.24, 2.45) is 5.73 Å². The van der Waals surface area contributed by atoms with E-state index in [4.69, 9.17) is 5.73 Å². The van der Waals surface area contributed by atoms with Crippen LogP contribution in [0.3, 0.4) is 0 Å². The molecular formula is C8H14N4. The van der Waals surface area contributed by atoms with E-state index in [0.29, 0.717) is 6.04 Å². The maximum absolute atomic E-state index is 5.97. The Labute approximate surface area is 71.7 Å². The summed E-state index contributed by atoms with van der Waals surface area (Å²) < 4.78 is 0. The topological polar surface area (TPSA) is 57.9 Å². The quantitative estimate of drug-likeness (QED) is 0.622. The van der Waals surface area contributed by atoms with Crippen LogP contribution in [0.25, 0.3) is 0 Å². The molecule has 1 fully saturated rings. The van der Waals surface area contributed by atoms with Gasteiger partial charge in [-0.1, -0.05) is 0 Å².